The number of aryl methyl sites for hydroxylation is 1. The number of nitrogens with zero attached hydrogens (tertiary/aromatic N) is 2. The van der Waals surface area contributed by atoms with Gasteiger partial charge >= 0.3 is 5.97 Å². The molecular weight excluding hydrogens is 316 g/mol. The van der Waals surface area contributed by atoms with E-state index in [0.717, 1.165) is 18.4 Å². The lowest BCUT2D eigenvalue weighted by atomic mass is 9.70. The molecular formula is C20H22N2O3. The third-order valence-corrected chi connectivity index (χ3v) is 5.93. The maximum Gasteiger partial charge on any atom is 0.312 e. The average Bonchev–Trinajstić information content (AvgIpc) is 3.28. The van der Waals surface area contributed by atoms with Crippen molar-refractivity contribution in [2.45, 2.75) is 37.8 Å². The van der Waals surface area contributed by atoms with E-state index in [1.807, 2.05) is 54.5 Å². The van der Waals surface area contributed by atoms with E-state index in [-0.39, 0.29) is 18.0 Å². The van der Waals surface area contributed by atoms with Gasteiger partial charge in [0.2, 0.25) is 0 Å². The Bertz CT molecular complexity index is 813. The Morgan fingerprint density at radius 1 is 1.16 bits per heavy atom. The molecule has 2 saturated heterocycles. The Kier molecular flexibility index (Phi) is 3.67. The molecule has 0 aliphatic carbocycles. The monoisotopic (exact) mass is 338 g/mol. The van der Waals surface area contributed by atoms with Crippen molar-refractivity contribution in [2.24, 2.45) is 12.5 Å². The minimum absolute atomic E-state index is 0.0206. The molecule has 0 spiro atoms. The zero-order valence-corrected chi connectivity index (χ0v) is 14.3. The number of carboxylic acids is 1. The van der Waals surface area contributed by atoms with Gasteiger partial charge in [-0.25, -0.2) is 0 Å². The number of rotatable bonds is 4. The van der Waals surface area contributed by atoms with E-state index in [9.17, 15) is 14.7 Å². The summed E-state index contributed by atoms with van der Waals surface area (Å²) in [6.07, 6.45) is 4.52. The zero-order chi connectivity index (χ0) is 17.6. The van der Waals surface area contributed by atoms with Gasteiger partial charge in [0.05, 0.1) is 5.41 Å². The molecule has 1 aromatic carbocycles. The number of amides is 1. The Morgan fingerprint density at radius 2 is 1.92 bits per heavy atom. The number of aromatic nitrogens is 1. The summed E-state index contributed by atoms with van der Waals surface area (Å²) in [5, 5.41) is 10.1. The van der Waals surface area contributed by atoms with Crippen LogP contribution in [0.3, 0.4) is 0 Å². The number of fused-ring (bicyclic) bond motifs is 2. The molecule has 4 rings (SSSR count). The number of carbonyl (C=O) groups excluding carboxylic acids is 1. The van der Waals surface area contributed by atoms with Crippen LogP contribution in [0.25, 0.3) is 0 Å². The number of hydrogen-bond donors (Lipinski definition) is 1. The van der Waals surface area contributed by atoms with Crippen LogP contribution >= 0.6 is 0 Å². The van der Waals surface area contributed by atoms with Gasteiger partial charge in [-0.15, -0.1) is 0 Å². The summed E-state index contributed by atoms with van der Waals surface area (Å²) in [6, 6.07) is 13.2. The Morgan fingerprint density at radius 3 is 2.56 bits per heavy atom. The highest BCUT2D eigenvalue weighted by atomic mass is 16.4. The van der Waals surface area contributed by atoms with Crippen molar-refractivity contribution in [3.8, 4) is 0 Å². The predicted molar refractivity (Wildman–Crippen MR) is 93.2 cm³/mol. The molecule has 2 fully saturated rings. The summed E-state index contributed by atoms with van der Waals surface area (Å²) in [7, 11) is 1.85. The van der Waals surface area contributed by atoms with Crippen LogP contribution in [-0.4, -0.2) is 38.5 Å². The highest BCUT2D eigenvalue weighted by Crippen LogP contribution is 2.52. The van der Waals surface area contributed by atoms with E-state index in [4.69, 9.17) is 0 Å². The third kappa shape index (κ3) is 2.37. The normalized spacial score (nSPS) is 27.6. The molecule has 2 aliphatic heterocycles. The largest absolute Gasteiger partial charge is 0.481 e. The van der Waals surface area contributed by atoms with Crippen molar-refractivity contribution < 1.29 is 14.7 Å². The van der Waals surface area contributed by atoms with E-state index in [2.05, 4.69) is 0 Å². The molecule has 1 amide bonds. The maximum atomic E-state index is 13.1. The molecule has 1 aromatic heterocycles. The molecule has 1 N–H and O–H groups in total. The van der Waals surface area contributed by atoms with Crippen LogP contribution < -0.4 is 0 Å². The fourth-order valence-corrected chi connectivity index (χ4v) is 4.76. The van der Waals surface area contributed by atoms with Crippen molar-refractivity contribution >= 4 is 11.9 Å². The van der Waals surface area contributed by atoms with Crippen LogP contribution in [0.2, 0.25) is 0 Å². The first-order chi connectivity index (χ1) is 12.0. The summed E-state index contributed by atoms with van der Waals surface area (Å²) in [5.41, 5.74) is 0.756. The van der Waals surface area contributed by atoms with Gasteiger partial charge in [0.15, 0.2) is 0 Å². The Balaban J connectivity index is 1.68. The van der Waals surface area contributed by atoms with E-state index in [1.165, 1.54) is 0 Å². The van der Waals surface area contributed by atoms with Crippen LogP contribution in [-0.2, 0) is 18.3 Å². The van der Waals surface area contributed by atoms with Gasteiger partial charge in [0.25, 0.3) is 5.91 Å². The van der Waals surface area contributed by atoms with Crippen LogP contribution in [0.15, 0.2) is 48.7 Å². The number of carboxylic acid groups (broad SMARTS) is 1. The van der Waals surface area contributed by atoms with E-state index in [1.54, 1.807) is 10.6 Å². The SMILES string of the molecule is Cn1cccc1C(=O)N1[C@H]2CC[C@@H]1[C@](Cc1ccccc1)(C(=O)O)C2. The second-order valence-corrected chi connectivity index (χ2v) is 7.29. The van der Waals surface area contributed by atoms with Crippen molar-refractivity contribution in [3.63, 3.8) is 0 Å². The highest BCUT2D eigenvalue weighted by molar-refractivity contribution is 5.94. The van der Waals surface area contributed by atoms with Crippen LogP contribution in [0.4, 0.5) is 0 Å². The van der Waals surface area contributed by atoms with Gasteiger partial charge in [-0.2, -0.15) is 0 Å². The first-order valence-corrected chi connectivity index (χ1v) is 8.74. The molecule has 0 saturated carbocycles. The van der Waals surface area contributed by atoms with E-state index in [0.29, 0.717) is 18.5 Å². The molecule has 0 unspecified atom stereocenters. The van der Waals surface area contributed by atoms with Crippen LogP contribution in [0.5, 0.6) is 0 Å². The third-order valence-electron chi connectivity index (χ3n) is 5.93. The quantitative estimate of drug-likeness (QED) is 0.932. The lowest BCUT2D eigenvalue weighted by Gasteiger charge is -2.33. The van der Waals surface area contributed by atoms with Crippen molar-refractivity contribution in [2.75, 3.05) is 0 Å². The smallest absolute Gasteiger partial charge is 0.312 e. The number of aliphatic carboxylic acids is 1. The van der Waals surface area contributed by atoms with E-state index < -0.39 is 11.4 Å². The molecule has 2 aliphatic rings. The van der Waals surface area contributed by atoms with Gasteiger partial charge in [0, 0.05) is 25.3 Å². The van der Waals surface area contributed by atoms with Gasteiger partial charge in [0.1, 0.15) is 5.69 Å². The second-order valence-electron chi connectivity index (χ2n) is 7.29. The fourth-order valence-electron chi connectivity index (χ4n) is 4.76. The first kappa shape index (κ1) is 15.9. The highest BCUT2D eigenvalue weighted by Gasteiger charge is 2.61. The van der Waals surface area contributed by atoms with Gasteiger partial charge in [-0.3, -0.25) is 9.59 Å². The fraction of sp³-hybridized carbons (Fsp3) is 0.400. The molecule has 130 valence electrons. The van der Waals surface area contributed by atoms with Crippen molar-refractivity contribution in [3.05, 3.63) is 59.9 Å². The summed E-state index contributed by atoms with van der Waals surface area (Å²) in [5.74, 6) is -0.829. The summed E-state index contributed by atoms with van der Waals surface area (Å²) in [4.78, 5) is 27.2. The minimum atomic E-state index is -0.884. The van der Waals surface area contributed by atoms with Crippen molar-refractivity contribution in [1.82, 2.24) is 9.47 Å². The summed E-state index contributed by atoms with van der Waals surface area (Å²) in [6.45, 7) is 0. The Labute approximate surface area is 146 Å². The lowest BCUT2D eigenvalue weighted by molar-refractivity contribution is -0.150. The standard InChI is InChI=1S/C20H22N2O3/c1-21-11-5-8-16(21)18(23)22-15-9-10-17(22)20(13-15,19(24)25)12-14-6-3-2-4-7-14/h2-8,11,15,17H,9-10,12-13H2,1H3,(H,24,25)/t15-,17+,20+/m0/s1. The van der Waals surface area contributed by atoms with Gasteiger partial charge < -0.3 is 14.6 Å². The van der Waals surface area contributed by atoms with Crippen LogP contribution in [0, 0.1) is 5.41 Å². The predicted octanol–water partition coefficient (Wildman–Crippen LogP) is 2.72. The average molecular weight is 338 g/mol. The van der Waals surface area contributed by atoms with Gasteiger partial charge in [-0.1, -0.05) is 30.3 Å². The molecule has 0 radical (unpaired) electrons. The molecule has 5 nitrogen and oxygen atoms in total. The molecule has 2 bridgehead atoms. The molecule has 2 aromatic rings. The topological polar surface area (TPSA) is 62.5 Å². The Hall–Kier alpha value is -2.56. The summed E-state index contributed by atoms with van der Waals surface area (Å²) < 4.78 is 1.81. The first-order valence-electron chi connectivity index (χ1n) is 8.74. The maximum absolute atomic E-state index is 13.1. The molecule has 5 heteroatoms. The van der Waals surface area contributed by atoms with Gasteiger partial charge in [-0.05, 0) is 43.4 Å². The van der Waals surface area contributed by atoms with E-state index >= 15 is 0 Å². The van der Waals surface area contributed by atoms with Crippen LogP contribution in [0.1, 0.15) is 35.3 Å². The summed E-state index contributed by atoms with van der Waals surface area (Å²) >= 11 is 0. The molecule has 3 atom stereocenters. The minimum Gasteiger partial charge on any atom is -0.481 e. The number of benzene rings is 1. The second kappa shape index (κ2) is 5.76. The molecule has 3 heterocycles. The number of carbonyl (C=O) groups is 2. The number of hydrogen-bond acceptors (Lipinski definition) is 2. The lowest BCUT2D eigenvalue weighted by Crippen LogP contribution is -2.46. The zero-order valence-electron chi connectivity index (χ0n) is 14.3. The molecule has 25 heavy (non-hydrogen) atoms. The van der Waals surface area contributed by atoms with Crippen molar-refractivity contribution in [1.29, 1.82) is 0 Å².